The van der Waals surface area contributed by atoms with Gasteiger partial charge < -0.3 is 14.4 Å². The molecule has 3 rings (SSSR count). The predicted octanol–water partition coefficient (Wildman–Crippen LogP) is 3.86. The summed E-state index contributed by atoms with van der Waals surface area (Å²) in [6.07, 6.45) is 0.606. The molecule has 1 saturated carbocycles. The minimum atomic E-state index is -4.55. The summed E-state index contributed by atoms with van der Waals surface area (Å²) in [5.41, 5.74) is -0.0452. The van der Waals surface area contributed by atoms with Crippen LogP contribution in [0.3, 0.4) is 0 Å². The van der Waals surface area contributed by atoms with Gasteiger partial charge in [-0.25, -0.2) is 0 Å². The molecular formula is C22H24F3N3O2. The second-order valence-corrected chi connectivity index (χ2v) is 7.42. The highest BCUT2D eigenvalue weighted by molar-refractivity contribution is 5.96. The van der Waals surface area contributed by atoms with E-state index in [1.165, 1.54) is 23.1 Å². The fourth-order valence-electron chi connectivity index (χ4n) is 3.28. The number of alkyl halides is 3. The van der Waals surface area contributed by atoms with E-state index in [2.05, 4.69) is 6.58 Å². The van der Waals surface area contributed by atoms with Gasteiger partial charge in [-0.05, 0) is 43.2 Å². The van der Waals surface area contributed by atoms with E-state index in [0.717, 1.165) is 30.7 Å². The molecule has 1 aliphatic rings. The lowest BCUT2D eigenvalue weighted by molar-refractivity contribution is -0.137. The molecule has 5 nitrogen and oxygen atoms in total. The summed E-state index contributed by atoms with van der Waals surface area (Å²) < 4.78 is 40.9. The van der Waals surface area contributed by atoms with E-state index in [-0.39, 0.29) is 30.6 Å². The molecule has 1 aliphatic carbocycles. The number of halogens is 3. The third-order valence-corrected chi connectivity index (χ3v) is 5.09. The van der Waals surface area contributed by atoms with Gasteiger partial charge in [0.15, 0.2) is 0 Å². The molecule has 0 N–H and O–H groups in total. The molecule has 160 valence electrons. The molecule has 0 saturated heterocycles. The van der Waals surface area contributed by atoms with E-state index in [4.69, 9.17) is 0 Å². The van der Waals surface area contributed by atoms with Crippen LogP contribution in [-0.2, 0) is 24.6 Å². The van der Waals surface area contributed by atoms with Crippen LogP contribution in [-0.4, -0.2) is 45.3 Å². The summed E-state index contributed by atoms with van der Waals surface area (Å²) >= 11 is 0. The maximum atomic E-state index is 13.0. The zero-order chi connectivity index (χ0) is 21.9. The maximum Gasteiger partial charge on any atom is 0.416 e. The SMILES string of the molecule is C=CCN(CC(=O)N(Cc1cccn1C)C1CC1)C(=O)c1cccc(C(F)(F)F)c1. The zero-order valence-electron chi connectivity index (χ0n) is 16.7. The Morgan fingerprint density at radius 3 is 2.53 bits per heavy atom. The van der Waals surface area contributed by atoms with Gasteiger partial charge in [0, 0.05) is 37.1 Å². The summed E-state index contributed by atoms with van der Waals surface area (Å²) in [7, 11) is 1.89. The fourth-order valence-corrected chi connectivity index (χ4v) is 3.28. The number of hydrogen-bond donors (Lipinski definition) is 0. The van der Waals surface area contributed by atoms with Crippen LogP contribution in [0.15, 0.2) is 55.3 Å². The molecule has 30 heavy (non-hydrogen) atoms. The van der Waals surface area contributed by atoms with E-state index < -0.39 is 17.6 Å². The smallest absolute Gasteiger partial charge is 0.353 e. The lowest BCUT2D eigenvalue weighted by Gasteiger charge is -2.27. The molecule has 0 radical (unpaired) electrons. The van der Waals surface area contributed by atoms with Gasteiger partial charge in [0.2, 0.25) is 5.91 Å². The Hall–Kier alpha value is -3.03. The van der Waals surface area contributed by atoms with E-state index in [0.29, 0.717) is 6.54 Å². The number of aromatic nitrogens is 1. The molecule has 8 heteroatoms. The van der Waals surface area contributed by atoms with Gasteiger partial charge in [-0.2, -0.15) is 13.2 Å². The monoisotopic (exact) mass is 419 g/mol. The molecule has 0 atom stereocenters. The molecule has 0 aliphatic heterocycles. The van der Waals surface area contributed by atoms with Crippen LogP contribution in [0.1, 0.15) is 34.5 Å². The molecule has 1 aromatic carbocycles. The average Bonchev–Trinajstić information content (AvgIpc) is 3.46. The van der Waals surface area contributed by atoms with Gasteiger partial charge in [0.25, 0.3) is 5.91 Å². The van der Waals surface area contributed by atoms with Gasteiger partial charge in [0.05, 0.1) is 12.1 Å². The van der Waals surface area contributed by atoms with Crippen molar-refractivity contribution < 1.29 is 22.8 Å². The first kappa shape index (κ1) is 21.7. The number of nitrogens with zero attached hydrogens (tertiary/aromatic N) is 3. The number of aryl methyl sites for hydroxylation is 1. The van der Waals surface area contributed by atoms with Gasteiger partial charge in [-0.15, -0.1) is 6.58 Å². The molecule has 2 aromatic rings. The number of hydrogen-bond acceptors (Lipinski definition) is 2. The van der Waals surface area contributed by atoms with Crippen molar-refractivity contribution >= 4 is 11.8 Å². The van der Waals surface area contributed by atoms with Crippen LogP contribution in [0.25, 0.3) is 0 Å². The Morgan fingerprint density at radius 2 is 1.97 bits per heavy atom. The van der Waals surface area contributed by atoms with Crippen LogP contribution in [0.5, 0.6) is 0 Å². The van der Waals surface area contributed by atoms with Crippen molar-refractivity contribution in [3.8, 4) is 0 Å². The standard InChI is InChI=1S/C22H24F3N3O2/c1-3-11-27(21(30)16-6-4-7-17(13-16)22(23,24)25)15-20(29)28(18-9-10-18)14-19-8-5-12-26(19)2/h3-8,12-13,18H,1,9-11,14-15H2,2H3. The molecule has 1 aromatic heterocycles. The number of carbonyl (C=O) groups is 2. The lowest BCUT2D eigenvalue weighted by Crippen LogP contribution is -2.43. The van der Waals surface area contributed by atoms with Crippen LogP contribution >= 0.6 is 0 Å². The van der Waals surface area contributed by atoms with E-state index in [9.17, 15) is 22.8 Å². The van der Waals surface area contributed by atoms with Crippen LogP contribution in [0, 0.1) is 0 Å². The molecule has 1 fully saturated rings. The van der Waals surface area contributed by atoms with E-state index >= 15 is 0 Å². The molecule has 0 bridgehead atoms. The first-order chi connectivity index (χ1) is 14.2. The summed E-state index contributed by atoms with van der Waals surface area (Å²) in [5.74, 6) is -0.871. The molecule has 0 unspecified atom stereocenters. The Balaban J connectivity index is 1.77. The van der Waals surface area contributed by atoms with Gasteiger partial charge in [-0.1, -0.05) is 12.1 Å². The summed E-state index contributed by atoms with van der Waals surface area (Å²) in [6, 6.07) is 8.18. The third kappa shape index (κ3) is 5.11. The van der Waals surface area contributed by atoms with E-state index in [1.54, 1.807) is 4.90 Å². The second kappa shape index (κ2) is 8.77. The van der Waals surface area contributed by atoms with Crippen molar-refractivity contribution in [2.24, 2.45) is 7.05 Å². The molecule has 1 heterocycles. The van der Waals surface area contributed by atoms with Crippen molar-refractivity contribution in [1.29, 1.82) is 0 Å². The van der Waals surface area contributed by atoms with Crippen molar-refractivity contribution in [3.05, 3.63) is 72.1 Å². The zero-order valence-corrected chi connectivity index (χ0v) is 16.7. The summed E-state index contributed by atoms with van der Waals surface area (Å²) in [5, 5.41) is 0. The predicted molar refractivity (Wildman–Crippen MR) is 107 cm³/mol. The Kier molecular flexibility index (Phi) is 6.34. The highest BCUT2D eigenvalue weighted by atomic mass is 19.4. The van der Waals surface area contributed by atoms with Crippen LogP contribution in [0.2, 0.25) is 0 Å². The topological polar surface area (TPSA) is 45.6 Å². The minimum Gasteiger partial charge on any atom is -0.353 e. The Labute approximate surface area is 173 Å². The van der Waals surface area contributed by atoms with E-state index in [1.807, 2.05) is 29.9 Å². The number of amides is 2. The van der Waals surface area contributed by atoms with Crippen LogP contribution < -0.4 is 0 Å². The van der Waals surface area contributed by atoms with Gasteiger partial charge in [0.1, 0.15) is 6.54 Å². The first-order valence-corrected chi connectivity index (χ1v) is 9.68. The quantitative estimate of drug-likeness (QED) is 0.610. The number of carbonyl (C=O) groups excluding carboxylic acids is 2. The fraction of sp³-hybridized carbons (Fsp3) is 0.364. The largest absolute Gasteiger partial charge is 0.416 e. The van der Waals surface area contributed by atoms with Crippen molar-refractivity contribution in [3.63, 3.8) is 0 Å². The molecular weight excluding hydrogens is 395 g/mol. The lowest BCUT2D eigenvalue weighted by atomic mass is 10.1. The van der Waals surface area contributed by atoms with Gasteiger partial charge in [-0.3, -0.25) is 9.59 Å². The maximum absolute atomic E-state index is 13.0. The first-order valence-electron chi connectivity index (χ1n) is 9.68. The summed E-state index contributed by atoms with van der Waals surface area (Å²) in [4.78, 5) is 28.9. The second-order valence-electron chi connectivity index (χ2n) is 7.42. The van der Waals surface area contributed by atoms with Crippen molar-refractivity contribution in [2.45, 2.75) is 31.6 Å². The highest BCUT2D eigenvalue weighted by Gasteiger charge is 2.35. The summed E-state index contributed by atoms with van der Waals surface area (Å²) in [6.45, 7) is 3.87. The number of rotatable bonds is 8. The van der Waals surface area contributed by atoms with Crippen molar-refractivity contribution in [2.75, 3.05) is 13.1 Å². The van der Waals surface area contributed by atoms with Crippen LogP contribution in [0.4, 0.5) is 13.2 Å². The Morgan fingerprint density at radius 1 is 1.23 bits per heavy atom. The third-order valence-electron chi connectivity index (χ3n) is 5.09. The normalized spacial score (nSPS) is 13.7. The highest BCUT2D eigenvalue weighted by Crippen LogP contribution is 2.30. The van der Waals surface area contributed by atoms with Crippen molar-refractivity contribution in [1.82, 2.24) is 14.4 Å². The average molecular weight is 419 g/mol. The minimum absolute atomic E-state index is 0.0590. The molecule has 0 spiro atoms. The number of benzene rings is 1. The Bertz CT molecular complexity index is 932. The molecule has 2 amide bonds. The van der Waals surface area contributed by atoms with Gasteiger partial charge >= 0.3 is 6.18 Å².